The van der Waals surface area contributed by atoms with Gasteiger partial charge in [-0.05, 0) is 24.5 Å². The summed E-state index contributed by atoms with van der Waals surface area (Å²) in [6.45, 7) is 6.84. The fraction of sp³-hybridized carbons (Fsp3) is 1.00. The van der Waals surface area contributed by atoms with Crippen molar-refractivity contribution in [1.82, 2.24) is 5.32 Å². The fourth-order valence-corrected chi connectivity index (χ4v) is 3.87. The molecule has 2 aliphatic rings. The Balaban J connectivity index is 1.96. The lowest BCUT2D eigenvalue weighted by atomic mass is 9.79. The zero-order valence-corrected chi connectivity index (χ0v) is 10.2. The van der Waals surface area contributed by atoms with Crippen LogP contribution in [0.25, 0.3) is 0 Å². The van der Waals surface area contributed by atoms with Crippen molar-refractivity contribution in [2.75, 3.05) is 26.0 Å². The Morgan fingerprint density at radius 1 is 1.43 bits per heavy atom. The number of hydrogen-bond donors (Lipinski definition) is 1. The molecule has 2 fully saturated rings. The van der Waals surface area contributed by atoms with Gasteiger partial charge in [-0.1, -0.05) is 13.8 Å². The van der Waals surface area contributed by atoms with Crippen LogP contribution in [0.1, 0.15) is 26.7 Å². The Morgan fingerprint density at radius 2 is 2.14 bits per heavy atom. The van der Waals surface area contributed by atoms with Crippen LogP contribution in [0.5, 0.6) is 0 Å². The highest BCUT2D eigenvalue weighted by atomic mass is 32.2. The van der Waals surface area contributed by atoms with Crippen molar-refractivity contribution in [1.29, 1.82) is 0 Å². The molecule has 82 valence electrons. The first kappa shape index (κ1) is 10.8. The summed E-state index contributed by atoms with van der Waals surface area (Å²) < 4.78 is 6.12. The quantitative estimate of drug-likeness (QED) is 0.777. The van der Waals surface area contributed by atoms with E-state index < -0.39 is 0 Å². The molecule has 0 bridgehead atoms. The lowest BCUT2D eigenvalue weighted by molar-refractivity contribution is -0.0695. The SMILES string of the molecule is COC1(CC2CCSC2(C)C)CNC1. The first-order valence-corrected chi connectivity index (χ1v) is 6.46. The third-order valence-corrected chi connectivity index (χ3v) is 5.39. The van der Waals surface area contributed by atoms with Crippen LogP contribution in [0.2, 0.25) is 0 Å². The average Bonchev–Trinajstić information content (AvgIpc) is 2.38. The molecule has 0 radical (unpaired) electrons. The maximum atomic E-state index is 5.66. The third kappa shape index (κ3) is 1.82. The van der Waals surface area contributed by atoms with Crippen LogP contribution in [0.15, 0.2) is 0 Å². The van der Waals surface area contributed by atoms with Gasteiger partial charge < -0.3 is 10.1 Å². The molecule has 2 saturated heterocycles. The third-order valence-electron chi connectivity index (χ3n) is 3.87. The van der Waals surface area contributed by atoms with Gasteiger partial charge in [0.05, 0.1) is 5.60 Å². The minimum atomic E-state index is 0.160. The van der Waals surface area contributed by atoms with Gasteiger partial charge in [0.1, 0.15) is 0 Å². The van der Waals surface area contributed by atoms with Crippen LogP contribution in [0, 0.1) is 5.92 Å². The van der Waals surface area contributed by atoms with E-state index in [1.165, 1.54) is 18.6 Å². The molecule has 0 aromatic carbocycles. The summed E-state index contributed by atoms with van der Waals surface area (Å²) >= 11 is 2.12. The van der Waals surface area contributed by atoms with Crippen LogP contribution >= 0.6 is 11.8 Å². The maximum Gasteiger partial charge on any atom is 0.0929 e. The van der Waals surface area contributed by atoms with E-state index >= 15 is 0 Å². The molecule has 1 N–H and O–H groups in total. The van der Waals surface area contributed by atoms with E-state index in [0.29, 0.717) is 4.75 Å². The zero-order chi connectivity index (χ0) is 10.2. The van der Waals surface area contributed by atoms with Crippen molar-refractivity contribution < 1.29 is 4.74 Å². The summed E-state index contributed by atoms with van der Waals surface area (Å²) in [4.78, 5) is 0. The second-order valence-corrected chi connectivity index (χ2v) is 6.88. The Hall–Kier alpha value is 0.270. The predicted molar refractivity (Wildman–Crippen MR) is 61.9 cm³/mol. The molecule has 0 aliphatic carbocycles. The number of ether oxygens (including phenoxy) is 1. The Labute approximate surface area is 91.2 Å². The molecule has 0 saturated carbocycles. The summed E-state index contributed by atoms with van der Waals surface area (Å²) in [5, 5.41) is 3.32. The first-order chi connectivity index (χ1) is 6.58. The number of rotatable bonds is 3. The second kappa shape index (κ2) is 3.69. The van der Waals surface area contributed by atoms with Gasteiger partial charge in [-0.3, -0.25) is 0 Å². The standard InChI is InChI=1S/C11H21NOS/c1-10(2)9(4-5-14-10)6-11(13-3)7-12-8-11/h9,12H,4-8H2,1-3H3. The monoisotopic (exact) mass is 215 g/mol. The van der Waals surface area contributed by atoms with Crippen molar-refractivity contribution in [3.63, 3.8) is 0 Å². The molecule has 0 aromatic heterocycles. The highest BCUT2D eigenvalue weighted by molar-refractivity contribution is 8.00. The van der Waals surface area contributed by atoms with Crippen LogP contribution in [-0.4, -0.2) is 36.3 Å². The highest BCUT2D eigenvalue weighted by Gasteiger charge is 2.45. The van der Waals surface area contributed by atoms with Gasteiger partial charge in [0.15, 0.2) is 0 Å². The van der Waals surface area contributed by atoms with Crippen molar-refractivity contribution in [2.45, 2.75) is 37.0 Å². The molecule has 2 heterocycles. The van der Waals surface area contributed by atoms with Crippen LogP contribution in [-0.2, 0) is 4.74 Å². The minimum Gasteiger partial charge on any atom is -0.376 e. The van der Waals surface area contributed by atoms with Crippen molar-refractivity contribution in [3.05, 3.63) is 0 Å². The maximum absolute atomic E-state index is 5.66. The van der Waals surface area contributed by atoms with Gasteiger partial charge in [0.2, 0.25) is 0 Å². The number of thioether (sulfide) groups is 1. The van der Waals surface area contributed by atoms with Gasteiger partial charge in [-0.25, -0.2) is 0 Å². The first-order valence-electron chi connectivity index (χ1n) is 5.48. The fourth-order valence-electron chi connectivity index (χ4n) is 2.50. The molecule has 1 atom stereocenters. The molecule has 14 heavy (non-hydrogen) atoms. The van der Waals surface area contributed by atoms with Gasteiger partial charge >= 0.3 is 0 Å². The molecular weight excluding hydrogens is 194 g/mol. The van der Waals surface area contributed by atoms with Gasteiger partial charge in [-0.2, -0.15) is 11.8 Å². The van der Waals surface area contributed by atoms with Crippen molar-refractivity contribution >= 4 is 11.8 Å². The number of nitrogens with one attached hydrogen (secondary N) is 1. The predicted octanol–water partition coefficient (Wildman–Crippen LogP) is 1.90. The topological polar surface area (TPSA) is 21.3 Å². The highest BCUT2D eigenvalue weighted by Crippen LogP contribution is 2.46. The minimum absolute atomic E-state index is 0.160. The van der Waals surface area contributed by atoms with E-state index in [4.69, 9.17) is 4.74 Å². The lowest BCUT2D eigenvalue weighted by Crippen LogP contribution is -2.61. The number of hydrogen-bond acceptors (Lipinski definition) is 3. The average molecular weight is 215 g/mol. The summed E-state index contributed by atoms with van der Waals surface area (Å²) in [6.07, 6.45) is 2.60. The summed E-state index contributed by atoms with van der Waals surface area (Å²) in [5.74, 6) is 2.15. The van der Waals surface area contributed by atoms with Gasteiger partial charge in [-0.15, -0.1) is 0 Å². The van der Waals surface area contributed by atoms with Crippen molar-refractivity contribution in [3.8, 4) is 0 Å². The van der Waals surface area contributed by atoms with E-state index in [0.717, 1.165) is 19.0 Å². The molecule has 0 aromatic rings. The van der Waals surface area contributed by atoms with E-state index in [2.05, 4.69) is 30.9 Å². The van der Waals surface area contributed by atoms with E-state index in [-0.39, 0.29) is 5.60 Å². The molecule has 2 aliphatic heterocycles. The molecule has 2 rings (SSSR count). The molecular formula is C11H21NOS. The van der Waals surface area contributed by atoms with E-state index in [9.17, 15) is 0 Å². The molecule has 3 heteroatoms. The van der Waals surface area contributed by atoms with Gasteiger partial charge in [0.25, 0.3) is 0 Å². The summed E-state index contributed by atoms with van der Waals surface area (Å²) in [6, 6.07) is 0. The lowest BCUT2D eigenvalue weighted by Gasteiger charge is -2.44. The van der Waals surface area contributed by atoms with E-state index in [1.807, 2.05) is 7.11 Å². The molecule has 0 amide bonds. The number of methoxy groups -OCH3 is 1. The van der Waals surface area contributed by atoms with Crippen LogP contribution in [0.3, 0.4) is 0 Å². The smallest absolute Gasteiger partial charge is 0.0929 e. The Bertz CT molecular complexity index is 208. The Morgan fingerprint density at radius 3 is 2.50 bits per heavy atom. The Kier molecular flexibility index (Phi) is 2.84. The van der Waals surface area contributed by atoms with Crippen LogP contribution < -0.4 is 5.32 Å². The second-order valence-electron chi connectivity index (χ2n) is 5.13. The summed E-state index contributed by atoms with van der Waals surface area (Å²) in [7, 11) is 1.86. The molecule has 1 unspecified atom stereocenters. The molecule has 2 nitrogen and oxygen atoms in total. The van der Waals surface area contributed by atoms with E-state index in [1.54, 1.807) is 0 Å². The summed E-state index contributed by atoms with van der Waals surface area (Å²) in [5.41, 5.74) is 0.160. The van der Waals surface area contributed by atoms with Crippen molar-refractivity contribution in [2.24, 2.45) is 5.92 Å². The van der Waals surface area contributed by atoms with Crippen LogP contribution in [0.4, 0.5) is 0 Å². The largest absolute Gasteiger partial charge is 0.376 e. The normalized spacial score (nSPS) is 34.1. The molecule has 0 spiro atoms. The zero-order valence-electron chi connectivity index (χ0n) is 9.43. The van der Waals surface area contributed by atoms with Gasteiger partial charge in [0, 0.05) is 24.9 Å².